The maximum absolute atomic E-state index is 10.6. The maximum Gasteiger partial charge on any atom is 0.490 e. The van der Waals surface area contributed by atoms with Gasteiger partial charge in [0, 0.05) is 13.0 Å². The number of aromatic nitrogens is 3. The van der Waals surface area contributed by atoms with Gasteiger partial charge >= 0.3 is 12.1 Å². The van der Waals surface area contributed by atoms with E-state index in [0.29, 0.717) is 6.54 Å². The SMILES string of the molecule is NCc1nnc2n1CCC2.O=C(O)C(F)(F)F. The van der Waals surface area contributed by atoms with Gasteiger partial charge in [-0.3, -0.25) is 0 Å². The standard InChI is InChI=1S/C6H10N4.C2HF3O2/c7-4-6-9-8-5-2-1-3-10(5)6;3-2(4,5)1(6)7/h1-4,7H2;(H,6,7). The molecule has 0 fully saturated rings. The largest absolute Gasteiger partial charge is 0.490 e. The molecule has 2 heterocycles. The number of halogens is 3. The number of rotatable bonds is 1. The molecule has 6 nitrogen and oxygen atoms in total. The van der Waals surface area contributed by atoms with Gasteiger partial charge in [0.2, 0.25) is 0 Å². The molecule has 2 rings (SSSR count). The third-order valence-electron chi connectivity index (χ3n) is 2.11. The first-order valence-electron chi connectivity index (χ1n) is 4.77. The Bertz CT molecular complexity index is 402. The van der Waals surface area contributed by atoms with Crippen LogP contribution in [0.4, 0.5) is 13.2 Å². The monoisotopic (exact) mass is 252 g/mol. The third kappa shape index (κ3) is 3.41. The topological polar surface area (TPSA) is 94.0 Å². The normalized spacial score (nSPS) is 13.9. The van der Waals surface area contributed by atoms with E-state index in [4.69, 9.17) is 15.6 Å². The average Bonchev–Trinajstić information content (AvgIpc) is 2.77. The summed E-state index contributed by atoms with van der Waals surface area (Å²) in [4.78, 5) is 8.90. The van der Waals surface area contributed by atoms with E-state index in [1.54, 1.807) is 0 Å². The highest BCUT2D eigenvalue weighted by Crippen LogP contribution is 2.13. The van der Waals surface area contributed by atoms with Crippen molar-refractivity contribution in [3.05, 3.63) is 11.6 Å². The maximum atomic E-state index is 10.6. The number of carboxylic acid groups (broad SMARTS) is 1. The van der Waals surface area contributed by atoms with Gasteiger partial charge in [-0.25, -0.2) is 4.79 Å². The van der Waals surface area contributed by atoms with Crippen molar-refractivity contribution in [3.63, 3.8) is 0 Å². The first kappa shape index (κ1) is 13.4. The van der Waals surface area contributed by atoms with E-state index in [9.17, 15) is 13.2 Å². The Balaban J connectivity index is 0.000000185. The molecule has 1 aromatic heterocycles. The van der Waals surface area contributed by atoms with Crippen LogP contribution in [-0.4, -0.2) is 32.0 Å². The summed E-state index contributed by atoms with van der Waals surface area (Å²) in [6.07, 6.45) is -2.83. The van der Waals surface area contributed by atoms with Crippen LogP contribution in [0.5, 0.6) is 0 Å². The summed E-state index contributed by atoms with van der Waals surface area (Å²) in [6, 6.07) is 0. The summed E-state index contributed by atoms with van der Waals surface area (Å²) >= 11 is 0. The third-order valence-corrected chi connectivity index (χ3v) is 2.11. The van der Waals surface area contributed by atoms with Crippen LogP contribution in [0.3, 0.4) is 0 Å². The second kappa shape index (κ2) is 5.13. The van der Waals surface area contributed by atoms with Gasteiger partial charge in [-0.2, -0.15) is 13.2 Å². The first-order valence-corrected chi connectivity index (χ1v) is 4.77. The lowest BCUT2D eigenvalue weighted by molar-refractivity contribution is -0.192. The van der Waals surface area contributed by atoms with Gasteiger partial charge in [-0.1, -0.05) is 0 Å². The number of carboxylic acids is 1. The Hall–Kier alpha value is -1.64. The molecule has 3 N–H and O–H groups in total. The molecule has 0 amide bonds. The number of carbonyl (C=O) groups is 1. The van der Waals surface area contributed by atoms with Gasteiger partial charge in [0.05, 0.1) is 6.54 Å². The fraction of sp³-hybridized carbons (Fsp3) is 0.625. The van der Waals surface area contributed by atoms with E-state index < -0.39 is 12.1 Å². The van der Waals surface area contributed by atoms with Crippen LogP contribution in [0, 0.1) is 0 Å². The smallest absolute Gasteiger partial charge is 0.475 e. The molecule has 0 unspecified atom stereocenters. The minimum Gasteiger partial charge on any atom is -0.475 e. The number of aryl methyl sites for hydroxylation is 1. The molecule has 17 heavy (non-hydrogen) atoms. The number of aliphatic carboxylic acids is 1. The number of nitrogens with zero attached hydrogens (tertiary/aromatic N) is 3. The number of nitrogens with two attached hydrogens (primary N) is 1. The van der Waals surface area contributed by atoms with E-state index in [2.05, 4.69) is 14.8 Å². The van der Waals surface area contributed by atoms with E-state index in [-0.39, 0.29) is 0 Å². The Morgan fingerprint density at radius 1 is 1.47 bits per heavy atom. The molecule has 9 heteroatoms. The first-order chi connectivity index (χ1) is 7.86. The predicted octanol–water partition coefficient (Wildman–Crippen LogP) is 0.316. The molecule has 1 aliphatic rings. The van der Waals surface area contributed by atoms with Crippen LogP contribution >= 0.6 is 0 Å². The zero-order chi connectivity index (χ0) is 13.1. The van der Waals surface area contributed by atoms with Crippen molar-refractivity contribution in [2.75, 3.05) is 0 Å². The highest BCUT2D eigenvalue weighted by Gasteiger charge is 2.38. The zero-order valence-corrected chi connectivity index (χ0v) is 8.74. The van der Waals surface area contributed by atoms with Crippen LogP contribution in [0.2, 0.25) is 0 Å². The van der Waals surface area contributed by atoms with Crippen molar-refractivity contribution in [1.29, 1.82) is 0 Å². The Morgan fingerprint density at radius 3 is 2.53 bits per heavy atom. The van der Waals surface area contributed by atoms with Crippen molar-refractivity contribution in [1.82, 2.24) is 14.8 Å². The molecular weight excluding hydrogens is 241 g/mol. The van der Waals surface area contributed by atoms with Gasteiger partial charge in [0.25, 0.3) is 0 Å². The van der Waals surface area contributed by atoms with E-state index in [1.807, 2.05) is 0 Å². The lowest BCUT2D eigenvalue weighted by Gasteiger charge is -1.96. The zero-order valence-electron chi connectivity index (χ0n) is 8.74. The van der Waals surface area contributed by atoms with Crippen molar-refractivity contribution in [2.24, 2.45) is 5.73 Å². The minimum atomic E-state index is -5.08. The second-order valence-electron chi connectivity index (χ2n) is 3.29. The predicted molar refractivity (Wildman–Crippen MR) is 49.9 cm³/mol. The van der Waals surface area contributed by atoms with E-state index in [1.165, 1.54) is 6.42 Å². The summed E-state index contributed by atoms with van der Waals surface area (Å²) in [5.74, 6) is -0.736. The Labute approximate surface area is 94.2 Å². The number of fused-ring (bicyclic) bond motifs is 1. The molecule has 0 aromatic carbocycles. The summed E-state index contributed by atoms with van der Waals surface area (Å²) in [5, 5.41) is 15.1. The van der Waals surface area contributed by atoms with Crippen molar-refractivity contribution >= 4 is 5.97 Å². The van der Waals surface area contributed by atoms with Crippen LogP contribution < -0.4 is 5.73 Å². The Morgan fingerprint density at radius 2 is 2.06 bits per heavy atom. The molecule has 0 atom stereocenters. The van der Waals surface area contributed by atoms with Crippen molar-refractivity contribution < 1.29 is 23.1 Å². The van der Waals surface area contributed by atoms with Crippen LogP contribution in [0.25, 0.3) is 0 Å². The number of alkyl halides is 3. The highest BCUT2D eigenvalue weighted by atomic mass is 19.4. The van der Waals surface area contributed by atoms with Gasteiger partial charge in [-0.05, 0) is 6.42 Å². The quantitative estimate of drug-likeness (QED) is 0.750. The second-order valence-corrected chi connectivity index (χ2v) is 3.29. The molecule has 0 aliphatic carbocycles. The van der Waals surface area contributed by atoms with E-state index in [0.717, 1.165) is 24.6 Å². The molecule has 1 aromatic rings. The van der Waals surface area contributed by atoms with Gasteiger partial charge < -0.3 is 15.4 Å². The molecule has 0 radical (unpaired) electrons. The average molecular weight is 252 g/mol. The molecular formula is C8H11F3N4O2. The van der Waals surface area contributed by atoms with Crippen LogP contribution in [-0.2, 0) is 24.3 Å². The lowest BCUT2D eigenvalue weighted by Crippen LogP contribution is -2.21. The highest BCUT2D eigenvalue weighted by molar-refractivity contribution is 5.73. The molecule has 1 aliphatic heterocycles. The van der Waals surface area contributed by atoms with Crippen molar-refractivity contribution in [2.45, 2.75) is 32.1 Å². The fourth-order valence-electron chi connectivity index (χ4n) is 1.36. The Kier molecular flexibility index (Phi) is 4.05. The molecule has 96 valence electrons. The number of hydrogen-bond donors (Lipinski definition) is 2. The summed E-state index contributed by atoms with van der Waals surface area (Å²) in [5.41, 5.74) is 5.44. The van der Waals surface area contributed by atoms with Gasteiger partial charge in [0.1, 0.15) is 11.6 Å². The fourth-order valence-corrected chi connectivity index (χ4v) is 1.36. The number of hydrogen-bond acceptors (Lipinski definition) is 4. The van der Waals surface area contributed by atoms with Crippen LogP contribution in [0.15, 0.2) is 0 Å². The summed E-state index contributed by atoms with van der Waals surface area (Å²) in [7, 11) is 0. The molecule has 0 saturated carbocycles. The van der Waals surface area contributed by atoms with Gasteiger partial charge in [0.15, 0.2) is 0 Å². The van der Waals surface area contributed by atoms with Gasteiger partial charge in [-0.15, -0.1) is 10.2 Å². The summed E-state index contributed by atoms with van der Waals surface area (Å²) < 4.78 is 33.8. The van der Waals surface area contributed by atoms with E-state index >= 15 is 0 Å². The minimum absolute atomic E-state index is 0.507. The molecule has 0 bridgehead atoms. The lowest BCUT2D eigenvalue weighted by atomic mass is 10.4. The molecule has 0 spiro atoms. The summed E-state index contributed by atoms with van der Waals surface area (Å²) in [6.45, 7) is 1.56. The van der Waals surface area contributed by atoms with Crippen LogP contribution in [0.1, 0.15) is 18.1 Å². The van der Waals surface area contributed by atoms with Crippen molar-refractivity contribution in [3.8, 4) is 0 Å². The molecule has 0 saturated heterocycles.